The Morgan fingerprint density at radius 1 is 0.629 bits per heavy atom. The molecule has 210 valence electrons. The van der Waals surface area contributed by atoms with Gasteiger partial charge in [0, 0.05) is 0 Å². The van der Waals surface area contributed by atoms with E-state index in [0.717, 1.165) is 38.5 Å². The minimum Gasteiger partial charge on any atom is -0.322 e. The fourth-order valence-corrected chi connectivity index (χ4v) is 15.3. The fraction of sp³-hybridized carbons (Fsp3) is 1.00. The van der Waals surface area contributed by atoms with E-state index >= 15 is 0 Å². The average Bonchev–Trinajstić information content (AvgIpc) is 2.83. The molecule has 0 bridgehead atoms. The highest BCUT2D eigenvalue weighted by Gasteiger charge is 2.49. The van der Waals surface area contributed by atoms with Gasteiger partial charge in [-0.15, -0.1) is 0 Å². The fourth-order valence-electron chi connectivity index (χ4n) is 2.99. The summed E-state index contributed by atoms with van der Waals surface area (Å²) >= 11 is 2.30. The predicted molar refractivity (Wildman–Crippen MR) is 157 cm³/mol. The number of halogens is 1. The zero-order chi connectivity index (χ0) is 26.4. The molecule has 1 rings (SSSR count). The van der Waals surface area contributed by atoms with Crippen LogP contribution in [0.2, 0.25) is 0 Å². The number of alkyl halides is 1. The molecule has 0 aromatic carbocycles. The molecule has 35 heavy (non-hydrogen) atoms. The summed E-state index contributed by atoms with van der Waals surface area (Å²) in [6.07, 6.45) is 4.98. The van der Waals surface area contributed by atoms with Crippen molar-refractivity contribution >= 4 is 45.3 Å². The van der Waals surface area contributed by atoms with E-state index in [1.54, 1.807) is 0 Å². The van der Waals surface area contributed by atoms with Crippen molar-refractivity contribution in [2.24, 2.45) is 14.0 Å². The molecule has 0 saturated carbocycles. The standard InChI is InChI=1S/C22H49IN3O6P3/c1-9-15-27-33(28-16-10-2)21(23)24-34(29-17-11-3,30-18-12-4)22(7,8)25-35(26-33,31-19-13-5)32-20-14-6/h21H,9-20H2,1-8H3. The third kappa shape index (κ3) is 9.70. The second-order valence-electron chi connectivity index (χ2n) is 8.68. The van der Waals surface area contributed by atoms with Crippen molar-refractivity contribution in [3.05, 3.63) is 0 Å². The molecule has 1 atom stereocenters. The molecule has 0 radical (unpaired) electrons. The van der Waals surface area contributed by atoms with Gasteiger partial charge in [-0.3, -0.25) is 0 Å². The van der Waals surface area contributed by atoms with Gasteiger partial charge in [0.25, 0.3) is 7.51 Å². The molecule has 9 nitrogen and oxygen atoms in total. The number of hydrogen-bond donors (Lipinski definition) is 0. The van der Waals surface area contributed by atoms with Gasteiger partial charge in [-0.2, -0.15) is 4.52 Å². The van der Waals surface area contributed by atoms with Gasteiger partial charge in [-0.05, 0) is 75.0 Å². The third-order valence-corrected chi connectivity index (χ3v) is 16.4. The molecule has 1 aliphatic heterocycles. The van der Waals surface area contributed by atoms with Crippen LogP contribution in [0.25, 0.3) is 0 Å². The lowest BCUT2D eigenvalue weighted by Gasteiger charge is -2.41. The SMILES string of the molecule is CCCOP1(OCCC)=NC(C)(C)P(OCCC)(OCCC)=NC(I)P(OCCC)(OCCC)=N1. The molecule has 1 aliphatic rings. The zero-order valence-electron chi connectivity index (χ0n) is 23.1. The van der Waals surface area contributed by atoms with Crippen LogP contribution in [0, 0.1) is 0 Å². The highest BCUT2D eigenvalue weighted by molar-refractivity contribution is 14.1. The quantitative estimate of drug-likeness (QED) is 0.0624. The molecule has 13 heteroatoms. The van der Waals surface area contributed by atoms with E-state index in [1.165, 1.54) is 0 Å². The summed E-state index contributed by atoms with van der Waals surface area (Å²) in [7, 11) is -9.03. The summed E-state index contributed by atoms with van der Waals surface area (Å²) in [5.41, 5.74) is 0. The molecule has 0 N–H and O–H groups in total. The van der Waals surface area contributed by atoms with Crippen LogP contribution in [0.1, 0.15) is 93.9 Å². The maximum absolute atomic E-state index is 6.54. The van der Waals surface area contributed by atoms with E-state index in [-0.39, 0.29) is 0 Å². The third-order valence-electron chi connectivity index (χ3n) is 4.65. The Morgan fingerprint density at radius 3 is 1.40 bits per heavy atom. The predicted octanol–water partition coefficient (Wildman–Crippen LogP) is 10.0. The van der Waals surface area contributed by atoms with Crippen molar-refractivity contribution in [2.75, 3.05) is 39.6 Å². The Morgan fingerprint density at radius 2 is 1.00 bits per heavy atom. The minimum atomic E-state index is -3.15. The van der Waals surface area contributed by atoms with Gasteiger partial charge in [0.2, 0.25) is 7.51 Å². The first kappa shape index (κ1) is 34.2. The van der Waals surface area contributed by atoms with E-state index in [0.29, 0.717) is 39.6 Å². The molecular weight excluding hydrogens is 622 g/mol. The van der Waals surface area contributed by atoms with Gasteiger partial charge in [0.05, 0.1) is 39.6 Å². The summed E-state index contributed by atoms with van der Waals surface area (Å²) < 4.78 is 54.2. The van der Waals surface area contributed by atoms with Crippen molar-refractivity contribution < 1.29 is 27.1 Å². The van der Waals surface area contributed by atoms with Gasteiger partial charge in [-0.25, -0.2) is 9.49 Å². The number of nitrogens with zero attached hydrogens (tertiary/aromatic N) is 3. The van der Waals surface area contributed by atoms with Crippen LogP contribution in [0.15, 0.2) is 14.0 Å². The van der Waals surface area contributed by atoms with E-state index < -0.39 is 31.7 Å². The maximum Gasteiger partial charge on any atom is 0.340 e. The molecule has 0 spiro atoms. The highest BCUT2D eigenvalue weighted by atomic mass is 127. The molecule has 0 aromatic heterocycles. The van der Waals surface area contributed by atoms with Crippen LogP contribution >= 0.6 is 45.3 Å². The first-order chi connectivity index (χ1) is 16.7. The smallest absolute Gasteiger partial charge is 0.322 e. The molecule has 1 unspecified atom stereocenters. The van der Waals surface area contributed by atoms with Crippen LogP contribution in [0.5, 0.6) is 0 Å². The Kier molecular flexibility index (Phi) is 16.6. The Balaban J connectivity index is 4.10. The second kappa shape index (κ2) is 17.0. The van der Waals surface area contributed by atoms with E-state index in [1.807, 2.05) is 13.8 Å². The Bertz CT molecular complexity index is 746. The van der Waals surface area contributed by atoms with Crippen molar-refractivity contribution in [3.8, 4) is 0 Å². The van der Waals surface area contributed by atoms with Crippen LogP contribution in [-0.2, 0) is 27.1 Å². The van der Waals surface area contributed by atoms with Gasteiger partial charge in [0.15, 0.2) is 3.79 Å². The highest BCUT2D eigenvalue weighted by Crippen LogP contribution is 2.77. The first-order valence-electron chi connectivity index (χ1n) is 13.1. The molecular formula is C22H49IN3O6P3. The molecule has 0 aromatic rings. The number of hydrogen-bond acceptors (Lipinski definition) is 9. The summed E-state index contributed by atoms with van der Waals surface area (Å²) in [5.74, 6) is 0. The lowest BCUT2D eigenvalue weighted by atomic mass is 10.4. The van der Waals surface area contributed by atoms with E-state index in [2.05, 4.69) is 64.1 Å². The molecule has 0 aliphatic carbocycles. The first-order valence-corrected chi connectivity index (χ1v) is 19.1. The molecule has 0 fully saturated rings. The minimum absolute atomic E-state index is 0.440. The van der Waals surface area contributed by atoms with Crippen LogP contribution in [0.3, 0.4) is 0 Å². The van der Waals surface area contributed by atoms with Crippen LogP contribution < -0.4 is 0 Å². The average molecular weight is 671 g/mol. The van der Waals surface area contributed by atoms with E-state index in [4.69, 9.17) is 41.1 Å². The lowest BCUT2D eigenvalue weighted by Crippen LogP contribution is -2.24. The summed E-state index contributed by atoms with van der Waals surface area (Å²) in [5, 5.41) is -0.828. The van der Waals surface area contributed by atoms with Gasteiger partial charge >= 0.3 is 7.66 Å². The van der Waals surface area contributed by atoms with Crippen LogP contribution in [0.4, 0.5) is 0 Å². The topological polar surface area (TPSA) is 92.5 Å². The van der Waals surface area contributed by atoms with Gasteiger partial charge in [0.1, 0.15) is 5.28 Å². The Hall–Kier alpha value is 1.18. The van der Waals surface area contributed by atoms with Crippen molar-refractivity contribution in [2.45, 2.75) is 103 Å². The maximum atomic E-state index is 6.54. The van der Waals surface area contributed by atoms with Gasteiger partial charge < -0.3 is 27.1 Å². The monoisotopic (exact) mass is 671 g/mol. The molecule has 0 amide bonds. The summed E-state index contributed by atoms with van der Waals surface area (Å²) in [4.78, 5) is 0. The summed E-state index contributed by atoms with van der Waals surface area (Å²) in [6.45, 7) is 19.5. The largest absolute Gasteiger partial charge is 0.340 e. The van der Waals surface area contributed by atoms with Gasteiger partial charge in [-0.1, -0.05) is 41.5 Å². The van der Waals surface area contributed by atoms with Crippen molar-refractivity contribution in [1.82, 2.24) is 0 Å². The Labute approximate surface area is 228 Å². The zero-order valence-corrected chi connectivity index (χ0v) is 27.9. The molecule has 0 saturated heterocycles. The van der Waals surface area contributed by atoms with E-state index in [9.17, 15) is 0 Å². The van der Waals surface area contributed by atoms with Crippen molar-refractivity contribution in [1.29, 1.82) is 0 Å². The van der Waals surface area contributed by atoms with Crippen molar-refractivity contribution in [3.63, 3.8) is 0 Å². The molecule has 1 heterocycles. The lowest BCUT2D eigenvalue weighted by molar-refractivity contribution is 0.211. The normalized spacial score (nSPS) is 22.4. The summed E-state index contributed by atoms with van der Waals surface area (Å²) in [6, 6.07) is 0. The van der Waals surface area contributed by atoms with Crippen LogP contribution in [-0.4, -0.2) is 48.7 Å². The number of rotatable bonds is 18. The second-order valence-corrected chi connectivity index (χ2v) is 18.3.